The van der Waals surface area contributed by atoms with Crippen molar-refractivity contribution in [3.8, 4) is 0 Å². The fourth-order valence-corrected chi connectivity index (χ4v) is 3.14. The van der Waals surface area contributed by atoms with Gasteiger partial charge in [0.05, 0.1) is 0 Å². The van der Waals surface area contributed by atoms with Crippen molar-refractivity contribution in [3.63, 3.8) is 0 Å². The molecule has 94 valence electrons. The Labute approximate surface area is 122 Å². The van der Waals surface area contributed by atoms with E-state index >= 15 is 0 Å². The molecule has 17 heavy (non-hydrogen) atoms. The lowest BCUT2D eigenvalue weighted by Crippen LogP contribution is -2.28. The maximum Gasteiger partial charge on any atom is 0.0409 e. The van der Waals surface area contributed by atoms with Gasteiger partial charge in [0.15, 0.2) is 0 Å². The SMILES string of the molecule is Clc1ccc(I)c(CNC2CCCCCC2)c1. The zero-order valence-electron chi connectivity index (χ0n) is 10.0. The first-order valence-electron chi connectivity index (χ1n) is 6.43. The van der Waals surface area contributed by atoms with Gasteiger partial charge in [-0.25, -0.2) is 0 Å². The Balaban J connectivity index is 1.89. The van der Waals surface area contributed by atoms with Crippen LogP contribution >= 0.6 is 34.2 Å². The van der Waals surface area contributed by atoms with Crippen molar-refractivity contribution in [2.75, 3.05) is 0 Å². The standard InChI is InChI=1S/C14H19ClIN/c15-12-7-8-14(16)11(9-12)10-17-13-5-3-1-2-4-6-13/h7-9,13,17H,1-6,10H2. The molecule has 1 N–H and O–H groups in total. The molecule has 0 atom stereocenters. The van der Waals surface area contributed by atoms with E-state index in [0.717, 1.165) is 11.6 Å². The lowest BCUT2D eigenvalue weighted by atomic mass is 10.1. The molecule has 1 aliphatic carbocycles. The van der Waals surface area contributed by atoms with Crippen LogP contribution in [-0.4, -0.2) is 6.04 Å². The number of nitrogens with one attached hydrogen (secondary N) is 1. The van der Waals surface area contributed by atoms with Gasteiger partial charge in [-0.1, -0.05) is 37.3 Å². The second kappa shape index (κ2) is 6.95. The average molecular weight is 364 g/mol. The highest BCUT2D eigenvalue weighted by Crippen LogP contribution is 2.20. The molecule has 0 saturated heterocycles. The number of hydrogen-bond acceptors (Lipinski definition) is 1. The fourth-order valence-electron chi connectivity index (χ4n) is 2.42. The summed E-state index contributed by atoms with van der Waals surface area (Å²) >= 11 is 8.41. The molecule has 1 fully saturated rings. The van der Waals surface area contributed by atoms with Crippen LogP contribution in [0.3, 0.4) is 0 Å². The Bertz CT molecular complexity index is 359. The molecule has 1 aromatic carbocycles. The Morgan fingerprint density at radius 1 is 1.18 bits per heavy atom. The molecule has 0 aromatic heterocycles. The molecule has 0 unspecified atom stereocenters. The smallest absolute Gasteiger partial charge is 0.0409 e. The summed E-state index contributed by atoms with van der Waals surface area (Å²) in [5.74, 6) is 0. The Morgan fingerprint density at radius 3 is 2.59 bits per heavy atom. The van der Waals surface area contributed by atoms with Crippen molar-refractivity contribution < 1.29 is 0 Å². The van der Waals surface area contributed by atoms with Crippen molar-refractivity contribution in [3.05, 3.63) is 32.4 Å². The third-order valence-electron chi connectivity index (χ3n) is 3.44. The molecule has 3 heteroatoms. The molecule has 1 nitrogen and oxygen atoms in total. The van der Waals surface area contributed by atoms with E-state index in [2.05, 4.69) is 40.0 Å². The molecule has 1 aliphatic rings. The van der Waals surface area contributed by atoms with Gasteiger partial charge in [0.2, 0.25) is 0 Å². The van der Waals surface area contributed by atoms with Crippen LogP contribution in [0.5, 0.6) is 0 Å². The van der Waals surface area contributed by atoms with E-state index in [-0.39, 0.29) is 0 Å². The van der Waals surface area contributed by atoms with Gasteiger partial charge in [0.1, 0.15) is 0 Å². The number of halogens is 2. The van der Waals surface area contributed by atoms with Gasteiger partial charge in [0.25, 0.3) is 0 Å². The Hall–Kier alpha value is 0.200. The minimum absolute atomic E-state index is 0.701. The third-order valence-corrected chi connectivity index (χ3v) is 4.73. The zero-order valence-corrected chi connectivity index (χ0v) is 12.9. The molecule has 0 bridgehead atoms. The van der Waals surface area contributed by atoms with Gasteiger partial charge in [-0.05, 0) is 59.2 Å². The molecular weight excluding hydrogens is 345 g/mol. The lowest BCUT2D eigenvalue weighted by Gasteiger charge is -2.17. The third kappa shape index (κ3) is 4.42. The van der Waals surface area contributed by atoms with E-state index in [9.17, 15) is 0 Å². The topological polar surface area (TPSA) is 12.0 Å². The van der Waals surface area contributed by atoms with E-state index in [1.165, 1.54) is 47.7 Å². The summed E-state index contributed by atoms with van der Waals surface area (Å²) in [6.45, 7) is 0.948. The molecule has 0 aliphatic heterocycles. The number of rotatable bonds is 3. The largest absolute Gasteiger partial charge is 0.310 e. The van der Waals surface area contributed by atoms with E-state index in [0.29, 0.717) is 6.04 Å². The van der Waals surface area contributed by atoms with E-state index in [4.69, 9.17) is 11.6 Å². The van der Waals surface area contributed by atoms with Gasteiger partial charge in [-0.2, -0.15) is 0 Å². The van der Waals surface area contributed by atoms with Crippen LogP contribution < -0.4 is 5.32 Å². The molecule has 0 amide bonds. The molecule has 1 saturated carbocycles. The maximum absolute atomic E-state index is 6.03. The van der Waals surface area contributed by atoms with Gasteiger partial charge in [-0.3, -0.25) is 0 Å². The summed E-state index contributed by atoms with van der Waals surface area (Å²) in [5.41, 5.74) is 1.32. The first kappa shape index (κ1) is 13.6. The second-order valence-corrected chi connectivity index (χ2v) is 6.40. The van der Waals surface area contributed by atoms with Crippen LogP contribution in [0.25, 0.3) is 0 Å². The summed E-state index contributed by atoms with van der Waals surface area (Å²) < 4.78 is 1.30. The molecule has 0 heterocycles. The van der Waals surface area contributed by atoms with Crippen molar-refractivity contribution in [2.24, 2.45) is 0 Å². The summed E-state index contributed by atoms with van der Waals surface area (Å²) in [5, 5.41) is 4.52. The van der Waals surface area contributed by atoms with Gasteiger partial charge in [-0.15, -0.1) is 0 Å². The lowest BCUT2D eigenvalue weighted by molar-refractivity contribution is 0.458. The predicted molar refractivity (Wildman–Crippen MR) is 82.5 cm³/mol. The molecule has 0 radical (unpaired) electrons. The first-order chi connectivity index (χ1) is 8.25. The van der Waals surface area contributed by atoms with E-state index in [1.807, 2.05) is 6.07 Å². The van der Waals surface area contributed by atoms with Crippen LogP contribution in [0.1, 0.15) is 44.1 Å². The minimum Gasteiger partial charge on any atom is -0.310 e. The zero-order chi connectivity index (χ0) is 12.1. The van der Waals surface area contributed by atoms with Crippen molar-refractivity contribution >= 4 is 34.2 Å². The summed E-state index contributed by atoms with van der Waals surface area (Å²) in [7, 11) is 0. The molecule has 2 rings (SSSR count). The fraction of sp³-hybridized carbons (Fsp3) is 0.571. The normalized spacial score (nSPS) is 18.0. The first-order valence-corrected chi connectivity index (χ1v) is 7.88. The predicted octanol–water partition coefficient (Wildman–Crippen LogP) is 4.76. The van der Waals surface area contributed by atoms with Crippen molar-refractivity contribution in [1.29, 1.82) is 0 Å². The molecule has 0 spiro atoms. The summed E-state index contributed by atoms with van der Waals surface area (Å²) in [6.07, 6.45) is 8.24. The maximum atomic E-state index is 6.03. The monoisotopic (exact) mass is 363 g/mol. The van der Waals surface area contributed by atoms with E-state index in [1.54, 1.807) is 0 Å². The Morgan fingerprint density at radius 2 is 1.88 bits per heavy atom. The highest BCUT2D eigenvalue weighted by Gasteiger charge is 2.12. The highest BCUT2D eigenvalue weighted by atomic mass is 127. The van der Waals surface area contributed by atoms with Gasteiger partial charge < -0.3 is 5.32 Å². The van der Waals surface area contributed by atoms with Gasteiger partial charge in [0, 0.05) is 21.2 Å². The number of benzene rings is 1. The van der Waals surface area contributed by atoms with Crippen LogP contribution in [-0.2, 0) is 6.54 Å². The van der Waals surface area contributed by atoms with E-state index < -0.39 is 0 Å². The summed E-state index contributed by atoms with van der Waals surface area (Å²) in [4.78, 5) is 0. The highest BCUT2D eigenvalue weighted by molar-refractivity contribution is 14.1. The quantitative estimate of drug-likeness (QED) is 0.603. The molecule has 1 aromatic rings. The van der Waals surface area contributed by atoms with Crippen molar-refractivity contribution in [1.82, 2.24) is 5.32 Å². The van der Waals surface area contributed by atoms with Crippen LogP contribution in [0.4, 0.5) is 0 Å². The van der Waals surface area contributed by atoms with Crippen molar-refractivity contribution in [2.45, 2.75) is 51.1 Å². The van der Waals surface area contributed by atoms with Crippen LogP contribution in [0.2, 0.25) is 5.02 Å². The Kier molecular flexibility index (Phi) is 5.57. The van der Waals surface area contributed by atoms with Gasteiger partial charge >= 0.3 is 0 Å². The van der Waals surface area contributed by atoms with Crippen LogP contribution in [0.15, 0.2) is 18.2 Å². The van der Waals surface area contributed by atoms with Crippen LogP contribution in [0, 0.1) is 3.57 Å². The summed E-state index contributed by atoms with van der Waals surface area (Å²) in [6, 6.07) is 6.82. The minimum atomic E-state index is 0.701. The average Bonchev–Trinajstić information content (AvgIpc) is 2.59. The number of hydrogen-bond donors (Lipinski definition) is 1. The molecular formula is C14H19ClIN. The second-order valence-electron chi connectivity index (χ2n) is 4.81.